The summed E-state index contributed by atoms with van der Waals surface area (Å²) in [6.45, 7) is 4.88. The van der Waals surface area contributed by atoms with Gasteiger partial charge in [-0.25, -0.2) is 19.7 Å². The van der Waals surface area contributed by atoms with E-state index in [4.69, 9.17) is 4.42 Å². The lowest BCUT2D eigenvalue weighted by atomic mass is 10.4. The summed E-state index contributed by atoms with van der Waals surface area (Å²) in [5.41, 5.74) is 1.80. The van der Waals surface area contributed by atoms with Crippen LogP contribution >= 0.6 is 0 Å². The van der Waals surface area contributed by atoms with Gasteiger partial charge in [0.2, 0.25) is 0 Å². The third kappa shape index (κ3) is 2.62. The Morgan fingerprint density at radius 3 is 3.05 bits per heavy atom. The fourth-order valence-electron chi connectivity index (χ4n) is 2.15. The van der Waals surface area contributed by atoms with Crippen molar-refractivity contribution in [1.82, 2.24) is 19.5 Å². The molecule has 0 fully saturated rings. The van der Waals surface area contributed by atoms with Gasteiger partial charge >= 0.3 is 5.76 Å². The molecule has 0 aliphatic carbocycles. The monoisotopic (exact) mass is 285 g/mol. The molecule has 1 N–H and O–H groups in total. The molecule has 3 aromatic rings. The van der Waals surface area contributed by atoms with Gasteiger partial charge in [-0.15, -0.1) is 0 Å². The van der Waals surface area contributed by atoms with E-state index in [2.05, 4.69) is 20.3 Å². The number of aryl methyl sites for hydroxylation is 1. The zero-order chi connectivity index (χ0) is 14.8. The second-order valence-corrected chi connectivity index (χ2v) is 4.62. The molecule has 108 valence electrons. The Balaban J connectivity index is 2.02. The van der Waals surface area contributed by atoms with Crippen molar-refractivity contribution < 1.29 is 4.42 Å². The molecule has 3 aromatic heterocycles. The van der Waals surface area contributed by atoms with E-state index in [1.807, 2.05) is 19.9 Å². The van der Waals surface area contributed by atoms with E-state index in [0.29, 0.717) is 17.1 Å². The molecule has 0 saturated heterocycles. The Morgan fingerprint density at radius 1 is 1.38 bits per heavy atom. The maximum atomic E-state index is 11.9. The molecular formula is C14H15N5O2. The highest BCUT2D eigenvalue weighted by Crippen LogP contribution is 2.11. The van der Waals surface area contributed by atoms with Gasteiger partial charge in [0.1, 0.15) is 5.82 Å². The Bertz CT molecular complexity index is 837. The number of nitrogens with zero attached hydrogens (tertiary/aromatic N) is 4. The lowest BCUT2D eigenvalue weighted by molar-refractivity contribution is 0.513. The lowest BCUT2D eigenvalue weighted by Gasteiger charge is -2.07. The minimum Gasteiger partial charge on any atom is -0.406 e. The van der Waals surface area contributed by atoms with Gasteiger partial charge in [-0.3, -0.25) is 4.57 Å². The van der Waals surface area contributed by atoms with Gasteiger partial charge in [-0.1, -0.05) is 0 Å². The van der Waals surface area contributed by atoms with E-state index in [1.54, 1.807) is 18.3 Å². The molecule has 0 aliphatic rings. The quantitative estimate of drug-likeness (QED) is 0.783. The van der Waals surface area contributed by atoms with Gasteiger partial charge in [-0.2, -0.15) is 0 Å². The summed E-state index contributed by atoms with van der Waals surface area (Å²) >= 11 is 0. The van der Waals surface area contributed by atoms with E-state index in [1.165, 1.54) is 4.57 Å². The maximum absolute atomic E-state index is 11.9. The molecule has 0 aromatic carbocycles. The molecule has 3 rings (SSSR count). The maximum Gasteiger partial charge on any atom is 0.421 e. The molecule has 0 unspecified atom stereocenters. The molecule has 0 atom stereocenters. The summed E-state index contributed by atoms with van der Waals surface area (Å²) < 4.78 is 6.58. The average molecular weight is 285 g/mol. The predicted molar refractivity (Wildman–Crippen MR) is 78.3 cm³/mol. The molecule has 0 aliphatic heterocycles. The van der Waals surface area contributed by atoms with Crippen molar-refractivity contribution >= 4 is 17.0 Å². The first kappa shape index (κ1) is 13.3. The van der Waals surface area contributed by atoms with Crippen molar-refractivity contribution in [3.05, 3.63) is 46.5 Å². The minimum atomic E-state index is -0.459. The number of oxazole rings is 1. The SMILES string of the molecule is CCNc1cc(C)nc(Cn2c(=O)oc3cccnc32)n1. The van der Waals surface area contributed by atoms with Gasteiger partial charge in [0.05, 0.1) is 6.54 Å². The Hall–Kier alpha value is -2.70. The second-order valence-electron chi connectivity index (χ2n) is 4.62. The number of hydrogen-bond donors (Lipinski definition) is 1. The lowest BCUT2D eigenvalue weighted by Crippen LogP contribution is -2.18. The average Bonchev–Trinajstić information content (AvgIpc) is 2.75. The fourth-order valence-corrected chi connectivity index (χ4v) is 2.15. The number of aromatic nitrogens is 4. The predicted octanol–water partition coefficient (Wildman–Crippen LogP) is 1.57. The molecule has 0 amide bonds. The molecule has 7 heteroatoms. The number of anilines is 1. The van der Waals surface area contributed by atoms with Crippen molar-refractivity contribution in [2.75, 3.05) is 11.9 Å². The number of pyridine rings is 1. The number of hydrogen-bond acceptors (Lipinski definition) is 6. The topological polar surface area (TPSA) is 85.8 Å². The highest BCUT2D eigenvalue weighted by molar-refractivity contribution is 5.67. The van der Waals surface area contributed by atoms with Crippen molar-refractivity contribution in [2.45, 2.75) is 20.4 Å². The van der Waals surface area contributed by atoms with Crippen LogP contribution in [0, 0.1) is 6.92 Å². The van der Waals surface area contributed by atoms with Crippen LogP contribution in [-0.2, 0) is 6.54 Å². The van der Waals surface area contributed by atoms with Gasteiger partial charge in [0.15, 0.2) is 17.1 Å². The van der Waals surface area contributed by atoms with Crippen molar-refractivity contribution in [3.8, 4) is 0 Å². The number of rotatable bonds is 4. The van der Waals surface area contributed by atoms with Crippen LogP contribution in [0.15, 0.2) is 33.6 Å². The first-order valence-corrected chi connectivity index (χ1v) is 6.70. The van der Waals surface area contributed by atoms with Crippen molar-refractivity contribution in [3.63, 3.8) is 0 Å². The van der Waals surface area contributed by atoms with E-state index >= 15 is 0 Å². The third-order valence-electron chi connectivity index (χ3n) is 2.98. The van der Waals surface area contributed by atoms with Crippen molar-refractivity contribution in [1.29, 1.82) is 0 Å². The Labute approximate surface area is 120 Å². The molecule has 0 radical (unpaired) electrons. The van der Waals surface area contributed by atoms with Gasteiger partial charge in [-0.05, 0) is 26.0 Å². The summed E-state index contributed by atoms with van der Waals surface area (Å²) in [7, 11) is 0. The van der Waals surface area contributed by atoms with Crippen LogP contribution in [0.25, 0.3) is 11.2 Å². The van der Waals surface area contributed by atoms with Crippen LogP contribution in [0.5, 0.6) is 0 Å². The molecule has 0 saturated carbocycles. The standard InChI is InChI=1S/C14H15N5O2/c1-3-15-11-7-9(2)17-12(18-11)8-19-13-10(21-14(19)20)5-4-6-16-13/h4-7H,3,8H2,1-2H3,(H,15,17,18). The number of fused-ring (bicyclic) bond motifs is 1. The van der Waals surface area contributed by atoms with Crippen LogP contribution in [0.3, 0.4) is 0 Å². The molecule has 0 bridgehead atoms. The summed E-state index contributed by atoms with van der Waals surface area (Å²) in [5.74, 6) is 0.828. The summed E-state index contributed by atoms with van der Waals surface area (Å²) in [4.78, 5) is 24.9. The van der Waals surface area contributed by atoms with Gasteiger partial charge in [0, 0.05) is 24.5 Å². The van der Waals surface area contributed by atoms with Crippen molar-refractivity contribution in [2.24, 2.45) is 0 Å². The van der Waals surface area contributed by atoms with Crippen LogP contribution < -0.4 is 11.1 Å². The highest BCUT2D eigenvalue weighted by atomic mass is 16.4. The van der Waals surface area contributed by atoms with Gasteiger partial charge < -0.3 is 9.73 Å². The zero-order valence-electron chi connectivity index (χ0n) is 11.8. The molecular weight excluding hydrogens is 270 g/mol. The van der Waals surface area contributed by atoms with Gasteiger partial charge in [0.25, 0.3) is 0 Å². The highest BCUT2D eigenvalue weighted by Gasteiger charge is 2.12. The first-order chi connectivity index (χ1) is 10.2. The normalized spacial score (nSPS) is 11.0. The smallest absolute Gasteiger partial charge is 0.406 e. The fraction of sp³-hybridized carbons (Fsp3) is 0.286. The summed E-state index contributed by atoms with van der Waals surface area (Å²) in [6, 6.07) is 5.30. The van der Waals surface area contributed by atoms with Crippen LogP contribution in [-0.4, -0.2) is 26.1 Å². The first-order valence-electron chi connectivity index (χ1n) is 6.70. The van der Waals surface area contributed by atoms with E-state index < -0.39 is 5.76 Å². The molecule has 7 nitrogen and oxygen atoms in total. The Morgan fingerprint density at radius 2 is 2.24 bits per heavy atom. The minimum absolute atomic E-state index is 0.225. The molecule has 3 heterocycles. The van der Waals surface area contributed by atoms with E-state index in [-0.39, 0.29) is 6.54 Å². The number of nitrogens with one attached hydrogen (secondary N) is 1. The Kier molecular flexibility index (Phi) is 3.39. The summed E-state index contributed by atoms with van der Waals surface area (Å²) in [5, 5.41) is 3.14. The van der Waals surface area contributed by atoms with E-state index in [9.17, 15) is 4.79 Å². The third-order valence-corrected chi connectivity index (χ3v) is 2.98. The zero-order valence-corrected chi connectivity index (χ0v) is 11.8. The largest absolute Gasteiger partial charge is 0.421 e. The van der Waals surface area contributed by atoms with Crippen LogP contribution in [0.4, 0.5) is 5.82 Å². The van der Waals surface area contributed by atoms with Crippen LogP contribution in [0.2, 0.25) is 0 Å². The second kappa shape index (κ2) is 5.35. The summed E-state index contributed by atoms with van der Waals surface area (Å²) in [6.07, 6.45) is 1.62. The molecule has 0 spiro atoms. The van der Waals surface area contributed by atoms with Crippen LogP contribution in [0.1, 0.15) is 18.4 Å². The van der Waals surface area contributed by atoms with E-state index in [0.717, 1.165) is 18.1 Å². The molecule has 21 heavy (non-hydrogen) atoms.